The minimum absolute atomic E-state index is 0.120. The number of carbonyl (C=O) groups is 3. The summed E-state index contributed by atoms with van der Waals surface area (Å²) in [6.45, 7) is 7.27. The zero-order chi connectivity index (χ0) is 20.6. The molecule has 2 aliphatic rings. The number of ether oxygens (including phenoxy) is 1. The van der Waals surface area contributed by atoms with Gasteiger partial charge in [-0.05, 0) is 33.6 Å². The zero-order valence-electron chi connectivity index (χ0n) is 17.0. The smallest absolute Gasteiger partial charge is 0.410 e. The molecule has 2 N–H and O–H groups in total. The monoisotopic (exact) mass is 391 g/mol. The van der Waals surface area contributed by atoms with E-state index in [9.17, 15) is 14.4 Å². The Morgan fingerprint density at radius 2 is 1.75 bits per heavy atom. The number of nitrogens with zero attached hydrogens (tertiary/aromatic N) is 4. The minimum Gasteiger partial charge on any atom is -0.444 e. The molecule has 0 spiro atoms. The van der Waals surface area contributed by atoms with Crippen molar-refractivity contribution in [3.8, 4) is 0 Å². The average Bonchev–Trinajstić information content (AvgIpc) is 2.94. The number of hydrogen-bond acceptors (Lipinski definition) is 5. The summed E-state index contributed by atoms with van der Waals surface area (Å²) >= 11 is 0. The highest BCUT2D eigenvalue weighted by Crippen LogP contribution is 2.26. The lowest BCUT2D eigenvalue weighted by atomic mass is 9.95. The summed E-state index contributed by atoms with van der Waals surface area (Å²) in [5.74, 6) is -0.601. The Hall–Kier alpha value is -2.58. The first kappa shape index (κ1) is 20.2. The molecule has 0 radical (unpaired) electrons. The number of aryl methyl sites for hydroxylation is 1. The fourth-order valence-electron chi connectivity index (χ4n) is 3.77. The fraction of sp³-hybridized carbons (Fsp3) is 0.684. The van der Waals surface area contributed by atoms with Gasteiger partial charge in [0.2, 0.25) is 5.91 Å². The topological polar surface area (TPSA) is 111 Å². The Bertz CT molecular complexity index is 787. The molecule has 28 heavy (non-hydrogen) atoms. The first-order valence-corrected chi connectivity index (χ1v) is 9.68. The maximum absolute atomic E-state index is 13.1. The van der Waals surface area contributed by atoms with Gasteiger partial charge in [0.1, 0.15) is 11.3 Å². The van der Waals surface area contributed by atoms with E-state index in [1.54, 1.807) is 21.5 Å². The summed E-state index contributed by atoms with van der Waals surface area (Å²) in [5, 5.41) is 4.49. The molecule has 3 heterocycles. The fourth-order valence-corrected chi connectivity index (χ4v) is 3.77. The van der Waals surface area contributed by atoms with Gasteiger partial charge in [0.25, 0.3) is 5.91 Å². The summed E-state index contributed by atoms with van der Waals surface area (Å²) in [6, 6.07) is 0. The maximum atomic E-state index is 13.1. The molecule has 9 heteroatoms. The Morgan fingerprint density at radius 3 is 2.32 bits per heavy atom. The van der Waals surface area contributed by atoms with Crippen molar-refractivity contribution in [2.75, 3.05) is 19.6 Å². The van der Waals surface area contributed by atoms with Gasteiger partial charge in [0, 0.05) is 44.6 Å². The van der Waals surface area contributed by atoms with E-state index in [1.807, 2.05) is 20.8 Å². The maximum Gasteiger partial charge on any atom is 0.410 e. The number of nitrogens with two attached hydrogens (primary N) is 1. The molecule has 1 aromatic heterocycles. The molecule has 0 bridgehead atoms. The first-order valence-electron chi connectivity index (χ1n) is 9.68. The van der Waals surface area contributed by atoms with Crippen LogP contribution >= 0.6 is 0 Å². The van der Waals surface area contributed by atoms with Gasteiger partial charge in [-0.1, -0.05) is 0 Å². The first-order chi connectivity index (χ1) is 13.1. The molecule has 1 aromatic rings. The van der Waals surface area contributed by atoms with Crippen LogP contribution in [0.3, 0.4) is 0 Å². The quantitative estimate of drug-likeness (QED) is 0.810. The van der Waals surface area contributed by atoms with E-state index in [0.29, 0.717) is 51.1 Å². The normalized spacial score (nSPS) is 18.0. The van der Waals surface area contributed by atoms with Crippen molar-refractivity contribution in [1.29, 1.82) is 0 Å². The number of amides is 3. The van der Waals surface area contributed by atoms with E-state index in [4.69, 9.17) is 10.5 Å². The predicted molar refractivity (Wildman–Crippen MR) is 101 cm³/mol. The van der Waals surface area contributed by atoms with Gasteiger partial charge in [-0.3, -0.25) is 14.3 Å². The van der Waals surface area contributed by atoms with Crippen molar-refractivity contribution in [3.05, 3.63) is 17.0 Å². The third-order valence-corrected chi connectivity index (χ3v) is 5.23. The van der Waals surface area contributed by atoms with Gasteiger partial charge < -0.3 is 20.3 Å². The van der Waals surface area contributed by atoms with Gasteiger partial charge in [-0.15, -0.1) is 0 Å². The van der Waals surface area contributed by atoms with Crippen LogP contribution in [0.1, 0.15) is 55.4 Å². The Labute approximate surface area is 164 Å². The third-order valence-electron chi connectivity index (χ3n) is 5.23. The summed E-state index contributed by atoms with van der Waals surface area (Å²) in [6.07, 6.45) is 1.35. The largest absolute Gasteiger partial charge is 0.444 e. The Balaban J connectivity index is 1.76. The molecule has 1 fully saturated rings. The van der Waals surface area contributed by atoms with Gasteiger partial charge >= 0.3 is 6.09 Å². The van der Waals surface area contributed by atoms with Crippen LogP contribution in [0.15, 0.2) is 0 Å². The van der Waals surface area contributed by atoms with Crippen LogP contribution in [0, 0.1) is 5.92 Å². The van der Waals surface area contributed by atoms with E-state index >= 15 is 0 Å². The van der Waals surface area contributed by atoms with Gasteiger partial charge in [0.15, 0.2) is 0 Å². The molecular weight excluding hydrogens is 362 g/mol. The molecule has 0 aliphatic carbocycles. The van der Waals surface area contributed by atoms with E-state index in [1.165, 1.54) is 0 Å². The second-order valence-electron chi connectivity index (χ2n) is 8.52. The van der Waals surface area contributed by atoms with Crippen molar-refractivity contribution < 1.29 is 19.1 Å². The number of aromatic nitrogens is 2. The summed E-state index contributed by atoms with van der Waals surface area (Å²) < 4.78 is 7.07. The number of likely N-dealkylation sites (tertiary alicyclic amines) is 1. The lowest BCUT2D eigenvalue weighted by molar-refractivity contribution is -0.123. The van der Waals surface area contributed by atoms with Crippen molar-refractivity contribution in [2.24, 2.45) is 18.7 Å². The molecule has 0 atom stereocenters. The zero-order valence-corrected chi connectivity index (χ0v) is 17.0. The molecule has 0 saturated carbocycles. The highest BCUT2D eigenvalue weighted by atomic mass is 16.6. The van der Waals surface area contributed by atoms with Crippen molar-refractivity contribution in [1.82, 2.24) is 19.6 Å². The molecule has 3 amide bonds. The van der Waals surface area contributed by atoms with E-state index in [2.05, 4.69) is 5.10 Å². The van der Waals surface area contributed by atoms with Crippen LogP contribution in [0.4, 0.5) is 4.79 Å². The lowest BCUT2D eigenvalue weighted by Gasteiger charge is -2.32. The Kier molecular flexibility index (Phi) is 5.36. The van der Waals surface area contributed by atoms with Gasteiger partial charge in [0.05, 0.1) is 12.2 Å². The van der Waals surface area contributed by atoms with Crippen molar-refractivity contribution in [2.45, 2.75) is 52.2 Å². The molecule has 0 aromatic carbocycles. The number of fused-ring (bicyclic) bond motifs is 1. The van der Waals surface area contributed by atoms with Crippen LogP contribution in [0.2, 0.25) is 0 Å². The number of rotatable bonds is 2. The highest BCUT2D eigenvalue weighted by Gasteiger charge is 2.34. The van der Waals surface area contributed by atoms with Crippen LogP contribution in [0.25, 0.3) is 0 Å². The van der Waals surface area contributed by atoms with Crippen LogP contribution in [0.5, 0.6) is 0 Å². The molecular formula is C19H29N5O4. The van der Waals surface area contributed by atoms with E-state index < -0.39 is 5.60 Å². The standard InChI is InChI=1S/C19H29N5O4/c1-19(2,3)28-18(27)24-10-7-14-13(11-24)15(22(4)21-14)17(26)23-8-5-12(6-9-23)16(20)25/h12H,5-11H2,1-4H3,(H2,20,25). The van der Waals surface area contributed by atoms with E-state index in [-0.39, 0.29) is 23.8 Å². The molecule has 1 saturated heterocycles. The van der Waals surface area contributed by atoms with Gasteiger partial charge in [-0.2, -0.15) is 5.10 Å². The van der Waals surface area contributed by atoms with Crippen LogP contribution in [-0.2, 0) is 29.5 Å². The average molecular weight is 391 g/mol. The third kappa shape index (κ3) is 4.13. The second kappa shape index (κ2) is 7.44. The summed E-state index contributed by atoms with van der Waals surface area (Å²) in [5.41, 5.74) is 6.93. The number of hydrogen-bond donors (Lipinski definition) is 1. The number of primary amides is 1. The molecule has 0 unspecified atom stereocenters. The summed E-state index contributed by atoms with van der Waals surface area (Å²) in [4.78, 5) is 40.3. The minimum atomic E-state index is -0.574. The number of piperidine rings is 1. The summed E-state index contributed by atoms with van der Waals surface area (Å²) in [7, 11) is 1.75. The lowest BCUT2D eigenvalue weighted by Crippen LogP contribution is -2.43. The van der Waals surface area contributed by atoms with Gasteiger partial charge in [-0.25, -0.2) is 4.79 Å². The second-order valence-corrected chi connectivity index (χ2v) is 8.52. The SMILES string of the molecule is Cn1nc2c(c1C(=O)N1CCC(C(N)=O)CC1)CN(C(=O)OC(C)(C)C)CC2. The molecule has 154 valence electrons. The predicted octanol–water partition coefficient (Wildman–Crippen LogP) is 1.05. The van der Waals surface area contributed by atoms with Crippen molar-refractivity contribution >= 4 is 17.9 Å². The Morgan fingerprint density at radius 1 is 1.11 bits per heavy atom. The highest BCUT2D eigenvalue weighted by molar-refractivity contribution is 5.94. The van der Waals surface area contributed by atoms with Crippen LogP contribution < -0.4 is 5.73 Å². The number of carbonyl (C=O) groups excluding carboxylic acids is 3. The molecule has 2 aliphatic heterocycles. The van der Waals surface area contributed by atoms with Crippen molar-refractivity contribution in [3.63, 3.8) is 0 Å². The molecule has 3 rings (SSSR count). The van der Waals surface area contributed by atoms with E-state index in [0.717, 1.165) is 11.3 Å². The molecule has 9 nitrogen and oxygen atoms in total. The van der Waals surface area contributed by atoms with Crippen LogP contribution in [-0.4, -0.2) is 62.7 Å².